The van der Waals surface area contributed by atoms with Gasteiger partial charge in [-0.05, 0) is 44.0 Å². The van der Waals surface area contributed by atoms with Crippen molar-refractivity contribution in [3.8, 4) is 0 Å². The SMILES string of the molecule is C=CCCCC(NC)c1ccc(F)cc1Br. The summed E-state index contributed by atoms with van der Waals surface area (Å²) in [4.78, 5) is 0. The molecule has 0 aromatic heterocycles. The molecule has 1 N–H and O–H groups in total. The first kappa shape index (κ1) is 13.4. The molecule has 1 atom stereocenters. The molecule has 1 nitrogen and oxygen atoms in total. The van der Waals surface area contributed by atoms with Crippen molar-refractivity contribution in [3.05, 3.63) is 46.7 Å². The van der Waals surface area contributed by atoms with Crippen molar-refractivity contribution in [2.75, 3.05) is 7.05 Å². The van der Waals surface area contributed by atoms with Crippen LogP contribution in [-0.4, -0.2) is 7.05 Å². The van der Waals surface area contributed by atoms with Crippen LogP contribution in [0.4, 0.5) is 4.39 Å². The molecule has 0 aliphatic carbocycles. The number of benzene rings is 1. The first-order valence-electron chi connectivity index (χ1n) is 5.42. The Balaban J connectivity index is 2.74. The van der Waals surface area contributed by atoms with Crippen LogP contribution in [0.3, 0.4) is 0 Å². The van der Waals surface area contributed by atoms with Crippen molar-refractivity contribution < 1.29 is 4.39 Å². The molecule has 1 aromatic rings. The maximum absolute atomic E-state index is 13.0. The lowest BCUT2D eigenvalue weighted by Gasteiger charge is -2.17. The number of nitrogens with one attached hydrogen (secondary N) is 1. The van der Waals surface area contributed by atoms with Gasteiger partial charge in [0.05, 0.1) is 0 Å². The Hall–Kier alpha value is -0.670. The zero-order valence-electron chi connectivity index (χ0n) is 9.47. The van der Waals surface area contributed by atoms with E-state index in [1.807, 2.05) is 19.2 Å². The normalized spacial score (nSPS) is 12.4. The summed E-state index contributed by atoms with van der Waals surface area (Å²) < 4.78 is 13.8. The third kappa shape index (κ3) is 3.72. The van der Waals surface area contributed by atoms with Crippen LogP contribution in [0.2, 0.25) is 0 Å². The molecule has 0 fully saturated rings. The van der Waals surface area contributed by atoms with Crippen molar-refractivity contribution in [1.82, 2.24) is 5.32 Å². The van der Waals surface area contributed by atoms with Crippen LogP contribution in [0, 0.1) is 5.82 Å². The number of halogens is 2. The van der Waals surface area contributed by atoms with Crippen molar-refractivity contribution in [3.63, 3.8) is 0 Å². The molecular formula is C13H17BrFN. The summed E-state index contributed by atoms with van der Waals surface area (Å²) in [5, 5.41) is 3.25. The Morgan fingerprint density at radius 1 is 1.56 bits per heavy atom. The van der Waals surface area contributed by atoms with Gasteiger partial charge in [-0.3, -0.25) is 0 Å². The zero-order chi connectivity index (χ0) is 12.0. The van der Waals surface area contributed by atoms with Gasteiger partial charge in [0.15, 0.2) is 0 Å². The lowest BCUT2D eigenvalue weighted by Crippen LogP contribution is -2.16. The summed E-state index contributed by atoms with van der Waals surface area (Å²) in [6.45, 7) is 3.71. The van der Waals surface area contributed by atoms with Gasteiger partial charge in [-0.2, -0.15) is 0 Å². The van der Waals surface area contributed by atoms with Crippen molar-refractivity contribution in [2.24, 2.45) is 0 Å². The molecule has 88 valence electrons. The van der Waals surface area contributed by atoms with Gasteiger partial charge in [0.25, 0.3) is 0 Å². The first-order chi connectivity index (χ1) is 7.69. The number of hydrogen-bond donors (Lipinski definition) is 1. The Morgan fingerprint density at radius 2 is 2.31 bits per heavy atom. The molecule has 0 amide bonds. The molecule has 0 aliphatic heterocycles. The Morgan fingerprint density at radius 3 is 2.88 bits per heavy atom. The number of unbranched alkanes of at least 4 members (excludes halogenated alkanes) is 1. The Kier molecular flexibility index (Phi) is 5.71. The van der Waals surface area contributed by atoms with E-state index in [9.17, 15) is 4.39 Å². The minimum Gasteiger partial charge on any atom is -0.313 e. The quantitative estimate of drug-likeness (QED) is 0.610. The van der Waals surface area contributed by atoms with Gasteiger partial charge in [-0.15, -0.1) is 6.58 Å². The van der Waals surface area contributed by atoms with E-state index in [4.69, 9.17) is 0 Å². The van der Waals surface area contributed by atoms with E-state index in [1.165, 1.54) is 12.1 Å². The Bertz CT molecular complexity index is 352. The molecule has 16 heavy (non-hydrogen) atoms. The monoisotopic (exact) mass is 285 g/mol. The lowest BCUT2D eigenvalue weighted by atomic mass is 10.0. The third-order valence-corrected chi connectivity index (χ3v) is 3.27. The molecular weight excluding hydrogens is 269 g/mol. The van der Waals surface area contributed by atoms with Gasteiger partial charge in [-0.1, -0.05) is 28.1 Å². The predicted octanol–water partition coefficient (Wildman–Crippen LogP) is 4.21. The predicted molar refractivity (Wildman–Crippen MR) is 69.9 cm³/mol. The van der Waals surface area contributed by atoms with Crippen molar-refractivity contribution in [2.45, 2.75) is 25.3 Å². The van der Waals surface area contributed by atoms with E-state index < -0.39 is 0 Å². The number of rotatable bonds is 6. The van der Waals surface area contributed by atoms with E-state index >= 15 is 0 Å². The molecule has 0 bridgehead atoms. The van der Waals surface area contributed by atoms with Crippen LogP contribution in [0.15, 0.2) is 35.3 Å². The van der Waals surface area contributed by atoms with Crippen molar-refractivity contribution >= 4 is 15.9 Å². The third-order valence-electron chi connectivity index (χ3n) is 2.59. The number of allylic oxidation sites excluding steroid dienone is 1. The second kappa shape index (κ2) is 6.81. The van der Waals surface area contributed by atoms with Crippen LogP contribution in [-0.2, 0) is 0 Å². The lowest BCUT2D eigenvalue weighted by molar-refractivity contribution is 0.526. The average Bonchev–Trinajstić information content (AvgIpc) is 2.26. The largest absolute Gasteiger partial charge is 0.313 e. The van der Waals surface area contributed by atoms with Gasteiger partial charge < -0.3 is 5.32 Å². The highest BCUT2D eigenvalue weighted by Gasteiger charge is 2.12. The number of hydrogen-bond acceptors (Lipinski definition) is 1. The maximum Gasteiger partial charge on any atom is 0.124 e. The zero-order valence-corrected chi connectivity index (χ0v) is 11.1. The molecule has 1 unspecified atom stereocenters. The minimum absolute atomic E-state index is 0.212. The fourth-order valence-electron chi connectivity index (χ4n) is 1.71. The van der Waals surface area contributed by atoms with E-state index in [0.29, 0.717) is 0 Å². The highest BCUT2D eigenvalue weighted by atomic mass is 79.9. The molecule has 3 heteroatoms. The summed E-state index contributed by atoms with van der Waals surface area (Å²) in [5.41, 5.74) is 1.10. The molecule has 1 rings (SSSR count). The fourth-order valence-corrected chi connectivity index (χ4v) is 2.33. The molecule has 1 aromatic carbocycles. The van der Waals surface area contributed by atoms with Crippen LogP contribution in [0.1, 0.15) is 30.9 Å². The van der Waals surface area contributed by atoms with Crippen LogP contribution in [0.25, 0.3) is 0 Å². The van der Waals surface area contributed by atoms with Gasteiger partial charge in [0.2, 0.25) is 0 Å². The molecule has 0 aliphatic rings. The summed E-state index contributed by atoms with van der Waals surface area (Å²) >= 11 is 3.40. The van der Waals surface area contributed by atoms with E-state index in [-0.39, 0.29) is 11.9 Å². The standard InChI is InChI=1S/C13H17BrFN/c1-3-4-5-6-13(16-2)11-8-7-10(15)9-12(11)14/h3,7-9,13,16H,1,4-6H2,2H3. The van der Waals surface area contributed by atoms with Crippen molar-refractivity contribution in [1.29, 1.82) is 0 Å². The van der Waals surface area contributed by atoms with Gasteiger partial charge in [0.1, 0.15) is 5.82 Å². The fraction of sp³-hybridized carbons (Fsp3) is 0.385. The Labute approximate surface area is 105 Å². The van der Waals surface area contributed by atoms with E-state index in [2.05, 4.69) is 27.8 Å². The molecule has 0 radical (unpaired) electrons. The smallest absolute Gasteiger partial charge is 0.124 e. The first-order valence-corrected chi connectivity index (χ1v) is 6.21. The maximum atomic E-state index is 13.0. The van der Waals surface area contributed by atoms with Gasteiger partial charge in [0, 0.05) is 10.5 Å². The summed E-state index contributed by atoms with van der Waals surface area (Å²) in [7, 11) is 1.92. The second-order valence-electron chi connectivity index (χ2n) is 3.73. The molecule has 0 heterocycles. The minimum atomic E-state index is -0.212. The average molecular weight is 286 g/mol. The summed E-state index contributed by atoms with van der Waals surface area (Å²) in [6, 6.07) is 5.09. The highest BCUT2D eigenvalue weighted by molar-refractivity contribution is 9.10. The van der Waals surface area contributed by atoms with Crippen LogP contribution >= 0.6 is 15.9 Å². The second-order valence-corrected chi connectivity index (χ2v) is 4.58. The molecule has 0 saturated heterocycles. The molecule has 0 saturated carbocycles. The molecule has 0 spiro atoms. The van der Waals surface area contributed by atoms with Gasteiger partial charge in [-0.25, -0.2) is 4.39 Å². The van der Waals surface area contributed by atoms with E-state index in [0.717, 1.165) is 29.3 Å². The topological polar surface area (TPSA) is 12.0 Å². The van der Waals surface area contributed by atoms with Gasteiger partial charge >= 0.3 is 0 Å². The summed E-state index contributed by atoms with van der Waals surface area (Å²) in [6.07, 6.45) is 5.04. The van der Waals surface area contributed by atoms with Crippen LogP contribution in [0.5, 0.6) is 0 Å². The van der Waals surface area contributed by atoms with Crippen LogP contribution < -0.4 is 5.32 Å². The summed E-state index contributed by atoms with van der Waals surface area (Å²) in [5.74, 6) is -0.212. The van der Waals surface area contributed by atoms with E-state index in [1.54, 1.807) is 0 Å². The highest BCUT2D eigenvalue weighted by Crippen LogP contribution is 2.27.